The van der Waals surface area contributed by atoms with Crippen molar-refractivity contribution in [3.05, 3.63) is 29.6 Å². The molecule has 0 radical (unpaired) electrons. The number of benzene rings is 1. The monoisotopic (exact) mass is 291 g/mol. The summed E-state index contributed by atoms with van der Waals surface area (Å²) in [6.45, 7) is 6.08. The zero-order chi connectivity index (χ0) is 14.8. The summed E-state index contributed by atoms with van der Waals surface area (Å²) in [5, 5.41) is 3.25. The molecule has 4 nitrogen and oxygen atoms in total. The minimum atomic E-state index is -0.287. The van der Waals surface area contributed by atoms with Crippen molar-refractivity contribution in [1.82, 2.24) is 10.2 Å². The third-order valence-corrected chi connectivity index (χ3v) is 4.40. The van der Waals surface area contributed by atoms with Crippen molar-refractivity contribution in [1.29, 1.82) is 0 Å². The van der Waals surface area contributed by atoms with E-state index < -0.39 is 0 Å². The Morgan fingerprint density at radius 2 is 2.05 bits per heavy atom. The molecule has 1 amide bonds. The fraction of sp³-hybridized carbons (Fsp3) is 0.562. The highest BCUT2D eigenvalue weighted by molar-refractivity contribution is 5.95. The normalized spacial score (nSPS) is 22.7. The van der Waals surface area contributed by atoms with Gasteiger partial charge >= 0.3 is 0 Å². The molecule has 2 aliphatic rings. The first-order valence-corrected chi connectivity index (χ1v) is 7.73. The Labute approximate surface area is 124 Å². The van der Waals surface area contributed by atoms with Crippen LogP contribution in [0.3, 0.4) is 0 Å². The summed E-state index contributed by atoms with van der Waals surface area (Å²) < 4.78 is 14.3. The number of nitrogens with zero attached hydrogens (tertiary/aromatic N) is 2. The number of anilines is 1. The maximum atomic E-state index is 14.3. The minimum absolute atomic E-state index is 0.0733. The topological polar surface area (TPSA) is 35.6 Å². The van der Waals surface area contributed by atoms with E-state index in [0.717, 1.165) is 39.0 Å². The molecule has 0 aliphatic carbocycles. The standard InChI is InChI=1S/C16H22FN3O/c1-12-11-18-6-9-20(12)16(21)13-4-5-15(14(17)10-13)19-7-2-3-8-19/h4-5,10,12,18H,2-3,6-9,11H2,1H3. The summed E-state index contributed by atoms with van der Waals surface area (Å²) >= 11 is 0. The lowest BCUT2D eigenvalue weighted by atomic mass is 10.1. The molecule has 1 atom stereocenters. The van der Waals surface area contributed by atoms with E-state index in [4.69, 9.17) is 0 Å². The summed E-state index contributed by atoms with van der Waals surface area (Å²) in [6.07, 6.45) is 2.22. The van der Waals surface area contributed by atoms with Gasteiger partial charge in [-0.1, -0.05) is 0 Å². The zero-order valence-corrected chi connectivity index (χ0v) is 12.4. The number of piperazine rings is 1. The first-order chi connectivity index (χ1) is 10.2. The van der Waals surface area contributed by atoms with E-state index in [1.54, 1.807) is 12.1 Å². The lowest BCUT2D eigenvalue weighted by molar-refractivity contribution is 0.0655. The third kappa shape index (κ3) is 2.88. The van der Waals surface area contributed by atoms with Crippen LogP contribution in [0.15, 0.2) is 18.2 Å². The Balaban J connectivity index is 1.79. The molecule has 1 aromatic rings. The van der Waals surface area contributed by atoms with Gasteiger partial charge in [-0.25, -0.2) is 4.39 Å². The van der Waals surface area contributed by atoms with Gasteiger partial charge in [-0.15, -0.1) is 0 Å². The van der Waals surface area contributed by atoms with Crippen LogP contribution < -0.4 is 10.2 Å². The van der Waals surface area contributed by atoms with E-state index in [1.807, 2.05) is 11.8 Å². The van der Waals surface area contributed by atoms with Crippen LogP contribution in [0, 0.1) is 5.82 Å². The second kappa shape index (κ2) is 6.02. The number of amides is 1. The number of carbonyl (C=O) groups excluding carboxylic acids is 1. The lowest BCUT2D eigenvalue weighted by Gasteiger charge is -2.34. The minimum Gasteiger partial charge on any atom is -0.369 e. The van der Waals surface area contributed by atoms with Crippen molar-refractivity contribution in [3.8, 4) is 0 Å². The van der Waals surface area contributed by atoms with Crippen molar-refractivity contribution in [3.63, 3.8) is 0 Å². The number of hydrogen-bond acceptors (Lipinski definition) is 3. The van der Waals surface area contributed by atoms with Crippen molar-refractivity contribution < 1.29 is 9.18 Å². The number of carbonyl (C=O) groups is 1. The van der Waals surface area contributed by atoms with Crippen LogP contribution in [-0.4, -0.2) is 49.6 Å². The van der Waals surface area contributed by atoms with Crippen LogP contribution in [0.2, 0.25) is 0 Å². The van der Waals surface area contributed by atoms with Crippen LogP contribution in [0.1, 0.15) is 30.1 Å². The number of nitrogens with one attached hydrogen (secondary N) is 1. The predicted octanol–water partition coefficient (Wildman–Crippen LogP) is 1.86. The Bertz CT molecular complexity index is 528. The zero-order valence-electron chi connectivity index (χ0n) is 12.4. The molecule has 3 rings (SSSR count). The summed E-state index contributed by atoms with van der Waals surface area (Å²) in [5.41, 5.74) is 1.07. The van der Waals surface area contributed by atoms with Crippen LogP contribution in [0.4, 0.5) is 10.1 Å². The van der Waals surface area contributed by atoms with Crippen molar-refractivity contribution in [2.75, 3.05) is 37.6 Å². The molecule has 5 heteroatoms. The smallest absolute Gasteiger partial charge is 0.254 e. The molecule has 0 bridgehead atoms. The Hall–Kier alpha value is -1.62. The number of hydrogen-bond donors (Lipinski definition) is 1. The Morgan fingerprint density at radius 1 is 1.29 bits per heavy atom. The number of rotatable bonds is 2. The highest BCUT2D eigenvalue weighted by Crippen LogP contribution is 2.25. The molecule has 21 heavy (non-hydrogen) atoms. The first-order valence-electron chi connectivity index (χ1n) is 7.73. The van der Waals surface area contributed by atoms with Gasteiger partial charge < -0.3 is 15.1 Å². The largest absolute Gasteiger partial charge is 0.369 e. The van der Waals surface area contributed by atoms with Gasteiger partial charge in [0.05, 0.1) is 5.69 Å². The fourth-order valence-corrected chi connectivity index (χ4v) is 3.16. The SMILES string of the molecule is CC1CNCCN1C(=O)c1ccc(N2CCCC2)c(F)c1. The second-order valence-electron chi connectivity index (χ2n) is 5.91. The van der Waals surface area contributed by atoms with E-state index in [1.165, 1.54) is 6.07 Å². The first kappa shape index (κ1) is 14.3. The van der Waals surface area contributed by atoms with Crippen LogP contribution in [0.25, 0.3) is 0 Å². The maximum absolute atomic E-state index is 14.3. The molecule has 2 heterocycles. The van der Waals surface area contributed by atoms with Crippen molar-refractivity contribution in [2.24, 2.45) is 0 Å². The molecule has 0 aromatic heterocycles. The molecule has 0 saturated carbocycles. The molecule has 2 aliphatic heterocycles. The van der Waals surface area contributed by atoms with E-state index >= 15 is 0 Å². The maximum Gasteiger partial charge on any atom is 0.254 e. The molecule has 1 unspecified atom stereocenters. The Kier molecular flexibility index (Phi) is 4.10. The van der Waals surface area contributed by atoms with Gasteiger partial charge in [0.2, 0.25) is 0 Å². The fourth-order valence-electron chi connectivity index (χ4n) is 3.16. The summed E-state index contributed by atoms with van der Waals surface area (Å²) in [7, 11) is 0. The molecular formula is C16H22FN3O. The van der Waals surface area contributed by atoms with Crippen LogP contribution in [0.5, 0.6) is 0 Å². The highest BCUT2D eigenvalue weighted by Gasteiger charge is 2.25. The van der Waals surface area contributed by atoms with Gasteiger partial charge in [-0.3, -0.25) is 4.79 Å². The van der Waals surface area contributed by atoms with Gasteiger partial charge in [-0.05, 0) is 38.0 Å². The van der Waals surface area contributed by atoms with Gasteiger partial charge in [0.25, 0.3) is 5.91 Å². The van der Waals surface area contributed by atoms with Gasteiger partial charge in [0.1, 0.15) is 5.82 Å². The number of halogens is 1. The Morgan fingerprint density at radius 3 is 2.71 bits per heavy atom. The van der Waals surface area contributed by atoms with Crippen LogP contribution >= 0.6 is 0 Å². The lowest BCUT2D eigenvalue weighted by Crippen LogP contribution is -2.52. The van der Waals surface area contributed by atoms with E-state index in [2.05, 4.69) is 10.2 Å². The quantitative estimate of drug-likeness (QED) is 0.903. The molecule has 2 fully saturated rings. The van der Waals surface area contributed by atoms with Crippen molar-refractivity contribution >= 4 is 11.6 Å². The molecule has 2 saturated heterocycles. The highest BCUT2D eigenvalue weighted by atomic mass is 19.1. The average Bonchev–Trinajstić information content (AvgIpc) is 3.01. The predicted molar refractivity (Wildman–Crippen MR) is 81.2 cm³/mol. The molecular weight excluding hydrogens is 269 g/mol. The average molecular weight is 291 g/mol. The van der Waals surface area contributed by atoms with E-state index in [-0.39, 0.29) is 17.8 Å². The second-order valence-corrected chi connectivity index (χ2v) is 5.91. The van der Waals surface area contributed by atoms with Gasteiger partial charge in [-0.2, -0.15) is 0 Å². The summed E-state index contributed by atoms with van der Waals surface area (Å²) in [6, 6.07) is 5.05. The van der Waals surface area contributed by atoms with Crippen molar-refractivity contribution in [2.45, 2.75) is 25.8 Å². The van der Waals surface area contributed by atoms with Gasteiger partial charge in [0, 0.05) is 44.3 Å². The summed E-state index contributed by atoms with van der Waals surface area (Å²) in [5.74, 6) is -0.360. The van der Waals surface area contributed by atoms with E-state index in [0.29, 0.717) is 17.8 Å². The third-order valence-electron chi connectivity index (χ3n) is 4.40. The molecule has 1 aromatic carbocycles. The van der Waals surface area contributed by atoms with Gasteiger partial charge in [0.15, 0.2) is 0 Å². The van der Waals surface area contributed by atoms with Crippen LogP contribution in [-0.2, 0) is 0 Å². The molecule has 114 valence electrons. The molecule has 0 spiro atoms. The summed E-state index contributed by atoms with van der Waals surface area (Å²) in [4.78, 5) is 16.4. The van der Waals surface area contributed by atoms with E-state index in [9.17, 15) is 9.18 Å². The molecule has 1 N–H and O–H groups in total.